The highest BCUT2D eigenvalue weighted by molar-refractivity contribution is 6.21. The first-order chi connectivity index (χ1) is 32.2. The predicted octanol–water partition coefficient (Wildman–Crippen LogP) is 14.5. The number of hydrogen-bond donors (Lipinski definition) is 0. The minimum atomic E-state index is 0.480. The lowest BCUT2D eigenvalue weighted by Gasteiger charge is -2.13. The number of aromatic nitrogens is 5. The van der Waals surface area contributed by atoms with E-state index in [1.54, 1.807) is 0 Å². The Bertz CT molecular complexity index is 4070. The van der Waals surface area contributed by atoms with Crippen LogP contribution in [-0.4, -0.2) is 24.1 Å². The van der Waals surface area contributed by atoms with Crippen molar-refractivity contribution in [2.24, 2.45) is 0 Å². The van der Waals surface area contributed by atoms with Crippen LogP contribution in [0.4, 0.5) is 0 Å². The molecule has 7 nitrogen and oxygen atoms in total. The summed E-state index contributed by atoms with van der Waals surface area (Å²) >= 11 is 0. The van der Waals surface area contributed by atoms with Crippen LogP contribution in [0.15, 0.2) is 211 Å². The summed E-state index contributed by atoms with van der Waals surface area (Å²) in [6.07, 6.45) is 0. The third kappa shape index (κ3) is 5.86. The number of nitriles is 1. The van der Waals surface area contributed by atoms with Crippen LogP contribution in [0.25, 0.3) is 122 Å². The van der Waals surface area contributed by atoms with Crippen LogP contribution in [-0.2, 0) is 0 Å². The van der Waals surface area contributed by atoms with Crippen LogP contribution < -0.4 is 0 Å². The van der Waals surface area contributed by atoms with Crippen molar-refractivity contribution in [3.8, 4) is 62.7 Å². The van der Waals surface area contributed by atoms with Gasteiger partial charge in [-0.05, 0) is 71.8 Å². The Morgan fingerprint density at radius 1 is 0.354 bits per heavy atom. The van der Waals surface area contributed by atoms with Crippen molar-refractivity contribution in [3.63, 3.8) is 0 Å². The second-order valence-electron chi connectivity index (χ2n) is 16.3. The number of para-hydroxylation sites is 3. The van der Waals surface area contributed by atoms with Gasteiger partial charge in [0.15, 0.2) is 17.5 Å². The first-order valence-electron chi connectivity index (χ1n) is 21.6. The second-order valence-corrected chi connectivity index (χ2v) is 16.3. The number of rotatable bonds is 6. The maximum atomic E-state index is 10.9. The van der Waals surface area contributed by atoms with Crippen LogP contribution >= 0.6 is 0 Å². The molecule has 0 aliphatic rings. The van der Waals surface area contributed by atoms with Crippen molar-refractivity contribution in [2.45, 2.75) is 0 Å². The fraction of sp³-hybridized carbons (Fsp3) is 0. The van der Waals surface area contributed by atoms with Crippen molar-refractivity contribution in [1.29, 1.82) is 5.26 Å². The Hall–Kier alpha value is -9.12. The smallest absolute Gasteiger partial charge is 0.164 e. The van der Waals surface area contributed by atoms with Gasteiger partial charge in [0.25, 0.3) is 0 Å². The van der Waals surface area contributed by atoms with Crippen LogP contribution in [0.5, 0.6) is 0 Å². The van der Waals surface area contributed by atoms with E-state index >= 15 is 0 Å². The summed E-state index contributed by atoms with van der Waals surface area (Å²) in [4.78, 5) is 15.1. The van der Waals surface area contributed by atoms with E-state index < -0.39 is 0 Å². The molecule has 0 aliphatic heterocycles. The molecule has 13 rings (SSSR count). The quantitative estimate of drug-likeness (QED) is 0.167. The molecule has 0 amide bonds. The molecule has 7 heteroatoms. The molecule has 0 saturated heterocycles. The molecular weight excluding hydrogens is 797 g/mol. The van der Waals surface area contributed by atoms with Gasteiger partial charge in [0, 0.05) is 66.8 Å². The summed E-state index contributed by atoms with van der Waals surface area (Å²) in [5, 5.41) is 17.5. The summed E-state index contributed by atoms with van der Waals surface area (Å²) < 4.78 is 11.3. The fourth-order valence-electron chi connectivity index (χ4n) is 9.59. The van der Waals surface area contributed by atoms with E-state index in [0.29, 0.717) is 28.6 Å². The molecule has 0 aliphatic carbocycles. The fourth-order valence-corrected chi connectivity index (χ4v) is 9.59. The van der Waals surface area contributed by atoms with Crippen molar-refractivity contribution in [1.82, 2.24) is 24.1 Å². The minimum absolute atomic E-state index is 0.480. The molecule has 0 spiro atoms. The van der Waals surface area contributed by atoms with Gasteiger partial charge in [-0.1, -0.05) is 133 Å². The summed E-state index contributed by atoms with van der Waals surface area (Å²) in [6, 6.07) is 73.2. The van der Waals surface area contributed by atoms with E-state index in [1.165, 1.54) is 10.8 Å². The molecular formula is C58H34N6O. The lowest BCUT2D eigenvalue weighted by atomic mass is 10.0. The molecule has 0 N–H and O–H groups in total. The first kappa shape index (κ1) is 36.5. The van der Waals surface area contributed by atoms with Gasteiger partial charge in [-0.25, -0.2) is 15.0 Å². The van der Waals surface area contributed by atoms with Crippen LogP contribution in [0, 0.1) is 11.3 Å². The zero-order chi connectivity index (χ0) is 43.0. The van der Waals surface area contributed by atoms with Crippen LogP contribution in [0.2, 0.25) is 0 Å². The lowest BCUT2D eigenvalue weighted by molar-refractivity contribution is 0.669. The monoisotopic (exact) mass is 830 g/mol. The van der Waals surface area contributed by atoms with Gasteiger partial charge in [-0.3, -0.25) is 0 Å². The number of benzene rings is 9. The molecule has 0 fully saturated rings. The van der Waals surface area contributed by atoms with Crippen molar-refractivity contribution in [2.75, 3.05) is 0 Å². The zero-order valence-electron chi connectivity index (χ0n) is 34.7. The SMILES string of the molecule is N#Cc1cc(-c2nc(-c3ccccc3)nc(-c3cccc(-c4ccccc4)c3)n2)ccc1-n1c2ccccc2c2cc3c(cc21)oc1cc2c(cc13)c1ccccc1n2-c1ccccc1. The van der Waals surface area contributed by atoms with Crippen molar-refractivity contribution in [3.05, 3.63) is 212 Å². The maximum Gasteiger partial charge on any atom is 0.164 e. The van der Waals surface area contributed by atoms with E-state index in [1.807, 2.05) is 91.0 Å². The molecule has 0 saturated carbocycles. The molecule has 9 aromatic carbocycles. The molecule has 0 bridgehead atoms. The van der Waals surface area contributed by atoms with E-state index in [2.05, 4.69) is 130 Å². The third-order valence-electron chi connectivity index (χ3n) is 12.6. The summed E-state index contributed by atoms with van der Waals surface area (Å²) in [5.74, 6) is 1.58. The first-order valence-corrected chi connectivity index (χ1v) is 21.6. The largest absolute Gasteiger partial charge is 0.456 e. The average molecular weight is 831 g/mol. The van der Waals surface area contributed by atoms with Gasteiger partial charge in [-0.2, -0.15) is 5.26 Å². The Kier molecular flexibility index (Phi) is 8.14. The Labute approximate surface area is 372 Å². The normalized spacial score (nSPS) is 11.7. The van der Waals surface area contributed by atoms with E-state index in [-0.39, 0.29) is 0 Å². The molecule has 0 atom stereocenters. The average Bonchev–Trinajstić information content (AvgIpc) is 4.01. The molecule has 65 heavy (non-hydrogen) atoms. The highest BCUT2D eigenvalue weighted by Crippen LogP contribution is 2.42. The van der Waals surface area contributed by atoms with Gasteiger partial charge < -0.3 is 13.6 Å². The van der Waals surface area contributed by atoms with E-state index in [0.717, 1.165) is 88.4 Å². The number of fused-ring (bicyclic) bond motifs is 9. The second kappa shape index (κ2) is 14.5. The molecule has 4 heterocycles. The topological polar surface area (TPSA) is 85.5 Å². The third-order valence-corrected chi connectivity index (χ3v) is 12.6. The van der Waals surface area contributed by atoms with Crippen molar-refractivity contribution < 1.29 is 4.42 Å². The van der Waals surface area contributed by atoms with Gasteiger partial charge in [0.2, 0.25) is 0 Å². The summed E-state index contributed by atoms with van der Waals surface area (Å²) in [5.41, 5.74) is 12.7. The predicted molar refractivity (Wildman–Crippen MR) is 262 cm³/mol. The van der Waals surface area contributed by atoms with Crippen LogP contribution in [0.3, 0.4) is 0 Å². The van der Waals surface area contributed by atoms with E-state index in [9.17, 15) is 5.26 Å². The van der Waals surface area contributed by atoms with E-state index in [4.69, 9.17) is 19.4 Å². The highest BCUT2D eigenvalue weighted by Gasteiger charge is 2.22. The molecule has 0 radical (unpaired) electrons. The molecule has 302 valence electrons. The molecule has 13 aromatic rings. The number of nitrogens with zero attached hydrogens (tertiary/aromatic N) is 6. The minimum Gasteiger partial charge on any atom is -0.456 e. The standard InChI is InChI=1S/C58H34N6O/c59-35-41-30-40(58-61-56(37-17-6-2-7-18-37)60-57(62-58)39-20-14-19-38(29-39)36-15-4-1-5-16-36)27-28-49(41)64-51-26-13-11-24-44(51)46-32-48-47-31-45-43-23-10-12-25-50(43)63(42-21-8-3-9-22-42)52(45)33-54(47)65-55(48)34-53(46)64/h1-34H. The molecule has 0 unspecified atom stereocenters. The van der Waals surface area contributed by atoms with Gasteiger partial charge >= 0.3 is 0 Å². The van der Waals surface area contributed by atoms with Gasteiger partial charge in [0.05, 0.1) is 33.3 Å². The molecule has 4 aromatic heterocycles. The lowest BCUT2D eigenvalue weighted by Crippen LogP contribution is -2.02. The van der Waals surface area contributed by atoms with Crippen LogP contribution in [0.1, 0.15) is 5.56 Å². The Morgan fingerprint density at radius 3 is 1.48 bits per heavy atom. The van der Waals surface area contributed by atoms with Gasteiger partial charge in [-0.15, -0.1) is 0 Å². The summed E-state index contributed by atoms with van der Waals surface area (Å²) in [6.45, 7) is 0. The number of furan rings is 1. The Balaban J connectivity index is 0.977. The summed E-state index contributed by atoms with van der Waals surface area (Å²) in [7, 11) is 0. The van der Waals surface area contributed by atoms with Gasteiger partial charge in [0.1, 0.15) is 17.2 Å². The highest BCUT2D eigenvalue weighted by atomic mass is 16.3. The van der Waals surface area contributed by atoms with Crippen molar-refractivity contribution >= 4 is 65.6 Å². The Morgan fingerprint density at radius 2 is 0.846 bits per heavy atom. The number of hydrogen-bond acceptors (Lipinski definition) is 5. The maximum absolute atomic E-state index is 10.9. The zero-order valence-corrected chi connectivity index (χ0v) is 34.7.